The van der Waals surface area contributed by atoms with Gasteiger partial charge in [0.2, 0.25) is 0 Å². The van der Waals surface area contributed by atoms with Crippen LogP contribution in [0.15, 0.2) is 47.3 Å². The van der Waals surface area contributed by atoms with Gasteiger partial charge in [-0.25, -0.2) is 0 Å². The van der Waals surface area contributed by atoms with Crippen LogP contribution in [0.25, 0.3) is 16.6 Å². The molecule has 0 radical (unpaired) electrons. The minimum atomic E-state index is -0.311. The normalized spacial score (nSPS) is 16.1. The first-order valence-corrected chi connectivity index (χ1v) is 13.1. The lowest BCUT2D eigenvalue weighted by Crippen LogP contribution is -2.36. The van der Waals surface area contributed by atoms with Gasteiger partial charge in [0.1, 0.15) is 10.5 Å². The van der Waals surface area contributed by atoms with Crippen molar-refractivity contribution >= 4 is 51.9 Å². The van der Waals surface area contributed by atoms with Crippen molar-refractivity contribution in [1.82, 2.24) is 19.6 Å². The number of nitrogens with zero attached hydrogens (tertiary/aromatic N) is 2. The van der Waals surface area contributed by atoms with Crippen LogP contribution >= 0.6 is 23.6 Å². The van der Waals surface area contributed by atoms with E-state index in [1.807, 2.05) is 17.0 Å². The predicted octanol–water partition coefficient (Wildman–Crippen LogP) is 4.44. The molecule has 2 aromatic carbocycles. The van der Waals surface area contributed by atoms with Crippen molar-refractivity contribution in [3.8, 4) is 0 Å². The first kappa shape index (κ1) is 22.2. The quantitative estimate of drug-likeness (QED) is 0.404. The van der Waals surface area contributed by atoms with E-state index in [9.17, 15) is 14.4 Å². The largest absolute Gasteiger partial charge is 0.348 e. The van der Waals surface area contributed by atoms with Crippen LogP contribution in [0.1, 0.15) is 56.8 Å². The standard InChI is InChI=1S/C26H24N4O3S2/c31-23-19-10-9-16(25(33)29-12-11-15-5-1-2-6-17(15)14-29)13-20(19)30-22(28-23)21(35-26(30)34)24(32)27-18-7-3-4-8-18/h1-2,5-6,9-10,13,18H,3-4,7-8,11-12,14H2,(H,27,32)(H,28,31). The highest BCUT2D eigenvalue weighted by molar-refractivity contribution is 7.73. The number of hydrogen-bond donors (Lipinski definition) is 2. The molecule has 0 spiro atoms. The maximum Gasteiger partial charge on any atom is 0.265 e. The molecule has 178 valence electrons. The lowest BCUT2D eigenvalue weighted by Gasteiger charge is -2.29. The molecule has 1 saturated carbocycles. The molecule has 2 amide bonds. The second kappa shape index (κ2) is 8.73. The molecule has 3 heterocycles. The van der Waals surface area contributed by atoms with Crippen LogP contribution in [-0.2, 0) is 13.0 Å². The molecule has 9 heteroatoms. The zero-order chi connectivity index (χ0) is 24.1. The first-order chi connectivity index (χ1) is 17.0. The molecule has 1 fully saturated rings. The number of aromatic amines is 1. The van der Waals surface area contributed by atoms with E-state index in [0.717, 1.165) is 37.7 Å². The Bertz CT molecular complexity index is 1610. The van der Waals surface area contributed by atoms with Gasteiger partial charge in [-0.05, 0) is 60.8 Å². The molecule has 2 N–H and O–H groups in total. The Kier molecular flexibility index (Phi) is 5.53. The molecule has 0 saturated heterocycles. The van der Waals surface area contributed by atoms with Crippen LogP contribution in [0.2, 0.25) is 0 Å². The molecule has 0 atom stereocenters. The summed E-state index contributed by atoms with van der Waals surface area (Å²) < 4.78 is 2.16. The van der Waals surface area contributed by atoms with Crippen molar-refractivity contribution < 1.29 is 9.59 Å². The van der Waals surface area contributed by atoms with Crippen LogP contribution in [0, 0.1) is 3.95 Å². The SMILES string of the molecule is O=C(NC1CCCC1)c1sc(=S)n2c1[nH]c(=O)c1ccc(C(=O)N3CCc4ccccc4C3)cc12. The van der Waals surface area contributed by atoms with Crippen molar-refractivity contribution in [2.75, 3.05) is 6.54 Å². The van der Waals surface area contributed by atoms with Crippen LogP contribution in [0.3, 0.4) is 0 Å². The summed E-state index contributed by atoms with van der Waals surface area (Å²) in [5.41, 5.74) is 3.53. The Morgan fingerprint density at radius 3 is 2.66 bits per heavy atom. The number of carbonyl (C=O) groups is 2. The lowest BCUT2D eigenvalue weighted by atomic mass is 9.99. The third kappa shape index (κ3) is 3.88. The van der Waals surface area contributed by atoms with Crippen molar-refractivity contribution in [2.24, 2.45) is 0 Å². The van der Waals surface area contributed by atoms with Gasteiger partial charge in [-0.3, -0.25) is 18.8 Å². The highest BCUT2D eigenvalue weighted by Crippen LogP contribution is 2.26. The molecule has 0 bridgehead atoms. The number of carbonyl (C=O) groups excluding carboxylic acids is 2. The van der Waals surface area contributed by atoms with Gasteiger partial charge in [-0.15, -0.1) is 0 Å². The minimum absolute atomic E-state index is 0.0872. The molecule has 0 unspecified atom stereocenters. The Hall–Kier alpha value is -3.30. The summed E-state index contributed by atoms with van der Waals surface area (Å²) in [6.45, 7) is 1.20. The summed E-state index contributed by atoms with van der Waals surface area (Å²) in [5.74, 6) is -0.305. The summed E-state index contributed by atoms with van der Waals surface area (Å²) in [6.07, 6.45) is 4.97. The van der Waals surface area contributed by atoms with Crippen LogP contribution < -0.4 is 10.9 Å². The monoisotopic (exact) mass is 504 g/mol. The maximum absolute atomic E-state index is 13.4. The van der Waals surface area contributed by atoms with Crippen LogP contribution in [0.5, 0.6) is 0 Å². The van der Waals surface area contributed by atoms with Gasteiger partial charge >= 0.3 is 0 Å². The summed E-state index contributed by atoms with van der Waals surface area (Å²) in [5, 5.41) is 3.50. The average Bonchev–Trinajstić information content (AvgIpc) is 3.50. The van der Waals surface area contributed by atoms with Gasteiger partial charge in [-0.1, -0.05) is 48.4 Å². The third-order valence-corrected chi connectivity index (χ3v) is 8.46. The molecule has 7 nitrogen and oxygen atoms in total. The summed E-state index contributed by atoms with van der Waals surface area (Å²) in [7, 11) is 0. The lowest BCUT2D eigenvalue weighted by molar-refractivity contribution is 0.0734. The highest BCUT2D eigenvalue weighted by Gasteiger charge is 2.25. The van der Waals surface area contributed by atoms with E-state index in [1.54, 1.807) is 22.6 Å². The predicted molar refractivity (Wildman–Crippen MR) is 139 cm³/mol. The summed E-state index contributed by atoms with van der Waals surface area (Å²) >= 11 is 6.79. The van der Waals surface area contributed by atoms with Gasteiger partial charge < -0.3 is 15.2 Å². The fourth-order valence-corrected chi connectivity index (χ4v) is 6.53. The molecule has 2 aromatic heterocycles. The van der Waals surface area contributed by atoms with Gasteiger partial charge in [-0.2, -0.15) is 0 Å². The van der Waals surface area contributed by atoms with Crippen molar-refractivity contribution in [3.05, 3.63) is 78.3 Å². The van der Waals surface area contributed by atoms with E-state index in [1.165, 1.54) is 16.9 Å². The van der Waals surface area contributed by atoms with E-state index in [-0.39, 0.29) is 23.4 Å². The number of nitrogens with one attached hydrogen (secondary N) is 2. The second-order valence-electron chi connectivity index (χ2n) is 9.27. The molecule has 1 aliphatic heterocycles. The van der Waals surface area contributed by atoms with Crippen LogP contribution in [0.4, 0.5) is 0 Å². The van der Waals surface area contributed by atoms with Crippen molar-refractivity contribution in [1.29, 1.82) is 0 Å². The zero-order valence-corrected chi connectivity index (χ0v) is 20.6. The maximum atomic E-state index is 13.4. The topological polar surface area (TPSA) is 86.7 Å². The van der Waals surface area contributed by atoms with Gasteiger partial charge in [0.25, 0.3) is 17.4 Å². The number of benzene rings is 2. The van der Waals surface area contributed by atoms with Gasteiger partial charge in [0.15, 0.2) is 3.95 Å². The Morgan fingerprint density at radius 2 is 1.86 bits per heavy atom. The first-order valence-electron chi connectivity index (χ1n) is 11.9. The number of hydrogen-bond acceptors (Lipinski definition) is 5. The number of fused-ring (bicyclic) bond motifs is 4. The summed E-state index contributed by atoms with van der Waals surface area (Å²) in [6, 6.07) is 13.4. The second-order valence-corrected chi connectivity index (χ2v) is 10.9. The molecule has 1 aliphatic carbocycles. The van der Waals surface area contributed by atoms with Crippen molar-refractivity contribution in [2.45, 2.75) is 44.7 Å². The molecule has 2 aliphatic rings. The van der Waals surface area contributed by atoms with Crippen LogP contribution in [-0.4, -0.2) is 38.7 Å². The number of aromatic nitrogens is 2. The van der Waals surface area contributed by atoms with E-state index < -0.39 is 0 Å². The molecular weight excluding hydrogens is 480 g/mol. The number of H-pyrrole nitrogens is 1. The van der Waals surface area contributed by atoms with Gasteiger partial charge in [0, 0.05) is 24.7 Å². The summed E-state index contributed by atoms with van der Waals surface area (Å²) in [4.78, 5) is 44.4. The van der Waals surface area contributed by atoms with E-state index in [4.69, 9.17) is 12.2 Å². The van der Waals surface area contributed by atoms with E-state index in [0.29, 0.717) is 44.0 Å². The number of thiazole rings is 1. The molecule has 35 heavy (non-hydrogen) atoms. The number of rotatable bonds is 3. The average molecular weight is 505 g/mol. The van der Waals surface area contributed by atoms with Crippen molar-refractivity contribution in [3.63, 3.8) is 0 Å². The Morgan fingerprint density at radius 1 is 1.09 bits per heavy atom. The molecular formula is C26H24N4O3S2. The van der Waals surface area contributed by atoms with E-state index >= 15 is 0 Å². The Balaban J connectivity index is 1.40. The fraction of sp³-hybridized carbons (Fsp3) is 0.308. The Labute approximate surface area is 210 Å². The minimum Gasteiger partial charge on any atom is -0.348 e. The smallest absolute Gasteiger partial charge is 0.265 e. The fourth-order valence-electron chi connectivity index (χ4n) is 5.25. The van der Waals surface area contributed by atoms with E-state index in [2.05, 4.69) is 22.4 Å². The number of amides is 2. The molecule has 4 aromatic rings. The van der Waals surface area contributed by atoms with Gasteiger partial charge in [0.05, 0.1) is 10.9 Å². The molecule has 6 rings (SSSR count). The zero-order valence-electron chi connectivity index (χ0n) is 19.0. The third-order valence-electron chi connectivity index (χ3n) is 7.09. The highest BCUT2D eigenvalue weighted by atomic mass is 32.1.